The Balaban J connectivity index is 2.87. The molecule has 0 aliphatic rings. The molecular weight excluding hydrogens is 331 g/mol. The number of carbonyl (C=O) groups excluding carboxylic acids is 1. The predicted octanol–water partition coefficient (Wildman–Crippen LogP) is 1.55. The molecule has 0 bridgehead atoms. The van der Waals surface area contributed by atoms with E-state index < -0.39 is 30.4 Å². The number of amides is 1. The highest BCUT2D eigenvalue weighted by atomic mass is 79.9. The molecule has 0 saturated carbocycles. The van der Waals surface area contributed by atoms with Gasteiger partial charge in [0.25, 0.3) is 5.91 Å². The topological polar surface area (TPSA) is 69.6 Å². The third-order valence-electron chi connectivity index (χ3n) is 2.24. The maximum absolute atomic E-state index is 12.6. The van der Waals surface area contributed by atoms with Crippen molar-refractivity contribution in [3.8, 4) is 0 Å². The molecule has 8 heteroatoms. The van der Waals surface area contributed by atoms with Gasteiger partial charge in [-0.05, 0) is 18.2 Å². The van der Waals surface area contributed by atoms with Crippen LogP contribution in [0, 0.1) is 0 Å². The van der Waals surface area contributed by atoms with Crippen molar-refractivity contribution in [2.24, 2.45) is 0 Å². The smallest absolute Gasteiger partial charge is 0.394 e. The average molecular weight is 342 g/mol. The number of hydrogen-bond acceptors (Lipinski definition) is 3. The number of alkyl halides is 3. The van der Waals surface area contributed by atoms with E-state index in [0.29, 0.717) is 6.07 Å². The number of benzene rings is 1. The average Bonchev–Trinajstić information content (AvgIpc) is 2.34. The van der Waals surface area contributed by atoms with Gasteiger partial charge in [0, 0.05) is 16.6 Å². The van der Waals surface area contributed by atoms with Gasteiger partial charge in [-0.3, -0.25) is 4.79 Å². The molecule has 0 heterocycles. The van der Waals surface area contributed by atoms with Crippen LogP contribution in [-0.2, 0) is 6.18 Å². The zero-order valence-electron chi connectivity index (χ0n) is 9.54. The number of hydrogen-bond donors (Lipinski definition) is 3. The minimum atomic E-state index is -4.57. The van der Waals surface area contributed by atoms with Gasteiger partial charge in [-0.25, -0.2) is 0 Å². The number of nitrogens with one attached hydrogen (secondary N) is 1. The van der Waals surface area contributed by atoms with Gasteiger partial charge in [0.05, 0.1) is 18.3 Å². The van der Waals surface area contributed by atoms with E-state index in [1.165, 1.54) is 6.07 Å². The molecule has 1 unspecified atom stereocenters. The van der Waals surface area contributed by atoms with Crippen LogP contribution in [0.4, 0.5) is 13.2 Å². The summed E-state index contributed by atoms with van der Waals surface area (Å²) in [4.78, 5) is 11.6. The number of aliphatic hydroxyl groups excluding tert-OH is 2. The standard InChI is InChI=1S/C11H11BrF3NO3/c12-9-2-1-6(3-8(9)11(13,14)15)10(19)16-4-7(18)5-17/h1-3,7,17-18H,4-5H2,(H,16,19). The van der Waals surface area contributed by atoms with Crippen LogP contribution in [0.15, 0.2) is 22.7 Å². The van der Waals surface area contributed by atoms with Crippen LogP contribution in [0.5, 0.6) is 0 Å². The third kappa shape index (κ3) is 4.48. The normalized spacial score (nSPS) is 13.2. The van der Waals surface area contributed by atoms with Crippen LogP contribution in [0.25, 0.3) is 0 Å². The van der Waals surface area contributed by atoms with Crippen molar-refractivity contribution in [1.82, 2.24) is 5.32 Å². The zero-order chi connectivity index (χ0) is 14.6. The van der Waals surface area contributed by atoms with Crippen molar-refractivity contribution in [3.63, 3.8) is 0 Å². The first-order valence-corrected chi connectivity index (χ1v) is 5.99. The van der Waals surface area contributed by atoms with E-state index in [-0.39, 0.29) is 16.6 Å². The number of rotatable bonds is 4. The van der Waals surface area contributed by atoms with Gasteiger partial charge in [0.2, 0.25) is 0 Å². The van der Waals surface area contributed by atoms with Gasteiger partial charge in [-0.2, -0.15) is 13.2 Å². The molecule has 0 saturated heterocycles. The first-order valence-electron chi connectivity index (χ1n) is 5.19. The van der Waals surface area contributed by atoms with Gasteiger partial charge in [-0.1, -0.05) is 15.9 Å². The van der Waals surface area contributed by atoms with E-state index >= 15 is 0 Å². The summed E-state index contributed by atoms with van der Waals surface area (Å²) in [6.45, 7) is -0.791. The summed E-state index contributed by atoms with van der Waals surface area (Å²) >= 11 is 2.76. The van der Waals surface area contributed by atoms with Crippen LogP contribution in [0.1, 0.15) is 15.9 Å². The Bertz CT molecular complexity index is 465. The molecule has 3 N–H and O–H groups in total. The van der Waals surface area contributed by atoms with Gasteiger partial charge >= 0.3 is 6.18 Å². The van der Waals surface area contributed by atoms with Crippen LogP contribution in [0.2, 0.25) is 0 Å². The van der Waals surface area contributed by atoms with Crippen LogP contribution < -0.4 is 5.32 Å². The van der Waals surface area contributed by atoms with Crippen molar-refractivity contribution in [3.05, 3.63) is 33.8 Å². The fourth-order valence-corrected chi connectivity index (χ4v) is 1.73. The second kappa shape index (κ2) is 6.36. The molecule has 0 fully saturated rings. The quantitative estimate of drug-likeness (QED) is 0.778. The van der Waals surface area contributed by atoms with E-state index in [1.807, 2.05) is 0 Å². The molecular formula is C11H11BrF3NO3. The van der Waals surface area contributed by atoms with Gasteiger partial charge in [0.15, 0.2) is 0 Å². The van der Waals surface area contributed by atoms with E-state index in [4.69, 9.17) is 10.2 Å². The maximum atomic E-state index is 12.6. The first kappa shape index (κ1) is 15.9. The Morgan fingerprint density at radius 1 is 1.42 bits per heavy atom. The molecule has 106 valence electrons. The number of carbonyl (C=O) groups is 1. The summed E-state index contributed by atoms with van der Waals surface area (Å²) in [5, 5.41) is 19.8. The summed E-state index contributed by atoms with van der Waals surface area (Å²) in [6.07, 6.45) is -5.72. The summed E-state index contributed by atoms with van der Waals surface area (Å²) in [5.74, 6) is -0.759. The lowest BCUT2D eigenvalue weighted by molar-refractivity contribution is -0.138. The molecule has 4 nitrogen and oxygen atoms in total. The summed E-state index contributed by atoms with van der Waals surface area (Å²) in [6, 6.07) is 3.06. The molecule has 0 radical (unpaired) electrons. The zero-order valence-corrected chi connectivity index (χ0v) is 11.1. The van der Waals surface area contributed by atoms with Crippen LogP contribution in [0.3, 0.4) is 0 Å². The summed E-state index contributed by atoms with van der Waals surface area (Å²) < 4.78 is 37.7. The minimum Gasteiger partial charge on any atom is -0.394 e. The van der Waals surface area contributed by atoms with Crippen molar-refractivity contribution in [2.75, 3.05) is 13.2 Å². The Kier molecular flexibility index (Phi) is 5.33. The van der Waals surface area contributed by atoms with Crippen molar-refractivity contribution >= 4 is 21.8 Å². The number of halogens is 4. The molecule has 1 atom stereocenters. The van der Waals surface area contributed by atoms with Gasteiger partial charge in [0.1, 0.15) is 0 Å². The largest absolute Gasteiger partial charge is 0.417 e. The Morgan fingerprint density at radius 3 is 2.58 bits per heavy atom. The lowest BCUT2D eigenvalue weighted by Crippen LogP contribution is -2.34. The van der Waals surface area contributed by atoms with E-state index in [9.17, 15) is 18.0 Å². The highest BCUT2D eigenvalue weighted by Gasteiger charge is 2.33. The molecule has 1 amide bonds. The molecule has 0 aliphatic carbocycles. The highest BCUT2D eigenvalue weighted by Crippen LogP contribution is 2.35. The van der Waals surface area contributed by atoms with Crippen molar-refractivity contribution < 1.29 is 28.2 Å². The second-order valence-corrected chi connectivity index (χ2v) is 4.59. The highest BCUT2D eigenvalue weighted by molar-refractivity contribution is 9.10. The van der Waals surface area contributed by atoms with Crippen molar-refractivity contribution in [1.29, 1.82) is 0 Å². The first-order chi connectivity index (χ1) is 8.75. The molecule has 19 heavy (non-hydrogen) atoms. The SMILES string of the molecule is O=C(NCC(O)CO)c1ccc(Br)c(C(F)(F)F)c1. The second-order valence-electron chi connectivity index (χ2n) is 3.74. The van der Waals surface area contributed by atoms with E-state index in [0.717, 1.165) is 6.07 Å². The fourth-order valence-electron chi connectivity index (χ4n) is 1.26. The molecule has 0 spiro atoms. The maximum Gasteiger partial charge on any atom is 0.417 e. The lowest BCUT2D eigenvalue weighted by Gasteiger charge is -2.12. The minimum absolute atomic E-state index is 0.160. The fraction of sp³-hybridized carbons (Fsp3) is 0.364. The third-order valence-corrected chi connectivity index (χ3v) is 2.93. The lowest BCUT2D eigenvalue weighted by atomic mass is 10.1. The predicted molar refractivity (Wildman–Crippen MR) is 64.6 cm³/mol. The summed E-state index contributed by atoms with van der Waals surface area (Å²) in [5.41, 5.74) is -1.14. The molecule has 0 aliphatic heterocycles. The summed E-state index contributed by atoms with van der Waals surface area (Å²) in [7, 11) is 0. The van der Waals surface area contributed by atoms with Gasteiger partial charge < -0.3 is 15.5 Å². The monoisotopic (exact) mass is 341 g/mol. The molecule has 1 aromatic rings. The number of aliphatic hydroxyl groups is 2. The van der Waals surface area contributed by atoms with Crippen LogP contribution in [-0.4, -0.2) is 35.4 Å². The van der Waals surface area contributed by atoms with Crippen LogP contribution >= 0.6 is 15.9 Å². The van der Waals surface area contributed by atoms with Gasteiger partial charge in [-0.15, -0.1) is 0 Å². The molecule has 0 aromatic heterocycles. The molecule has 1 rings (SSSR count). The van der Waals surface area contributed by atoms with Crippen molar-refractivity contribution in [2.45, 2.75) is 12.3 Å². The Labute approximate surface area is 115 Å². The molecule has 1 aromatic carbocycles. The van der Waals surface area contributed by atoms with E-state index in [2.05, 4.69) is 21.2 Å². The Hall–Kier alpha value is -1.12. The van der Waals surface area contributed by atoms with E-state index in [1.54, 1.807) is 0 Å². The Morgan fingerprint density at radius 2 is 2.05 bits per heavy atom.